The third-order valence-electron chi connectivity index (χ3n) is 5.97. The highest BCUT2D eigenvalue weighted by Crippen LogP contribution is 2.36. The van der Waals surface area contributed by atoms with E-state index < -0.39 is 9.84 Å². The van der Waals surface area contributed by atoms with Gasteiger partial charge in [-0.2, -0.15) is 0 Å². The number of ether oxygens (including phenoxy) is 1. The molecule has 2 aromatic heterocycles. The summed E-state index contributed by atoms with van der Waals surface area (Å²) in [5.41, 5.74) is 2.57. The smallest absolute Gasteiger partial charge is 0.175 e. The Morgan fingerprint density at radius 1 is 1.09 bits per heavy atom. The average Bonchev–Trinajstić information content (AvgIpc) is 3.44. The Bertz CT molecular complexity index is 1470. The van der Waals surface area contributed by atoms with E-state index in [-0.39, 0.29) is 11.1 Å². The van der Waals surface area contributed by atoms with Crippen LogP contribution in [0.2, 0.25) is 0 Å². The molecule has 1 aliphatic heterocycles. The molecule has 1 unspecified atom stereocenters. The molecule has 34 heavy (non-hydrogen) atoms. The molecule has 9 heteroatoms. The van der Waals surface area contributed by atoms with Gasteiger partial charge in [-0.1, -0.05) is 18.3 Å². The molecule has 5 rings (SSSR count). The fourth-order valence-electron chi connectivity index (χ4n) is 4.40. The summed E-state index contributed by atoms with van der Waals surface area (Å²) in [6.45, 7) is 2.89. The fourth-order valence-corrected chi connectivity index (χ4v) is 5.24. The molecule has 4 aromatic rings. The number of sulfone groups is 1. The normalized spacial score (nSPS) is 16.2. The number of rotatable bonds is 5. The Morgan fingerprint density at radius 2 is 1.85 bits per heavy atom. The van der Waals surface area contributed by atoms with Crippen LogP contribution in [-0.2, 0) is 9.84 Å². The average molecular weight is 493 g/mol. The van der Waals surface area contributed by atoms with Gasteiger partial charge in [0.2, 0.25) is 0 Å². The van der Waals surface area contributed by atoms with E-state index in [0.717, 1.165) is 46.9 Å². The Hall–Kier alpha value is -3.30. The van der Waals surface area contributed by atoms with E-state index in [1.807, 2.05) is 43.3 Å². The third kappa shape index (κ3) is 4.28. The molecular formula is C25H24N4O3S2. The largest absolute Gasteiger partial charge is 0.457 e. The molecule has 1 saturated heterocycles. The van der Waals surface area contributed by atoms with Crippen LogP contribution < -0.4 is 4.74 Å². The highest BCUT2D eigenvalue weighted by atomic mass is 32.2. The summed E-state index contributed by atoms with van der Waals surface area (Å²) in [5.74, 6) is 1.96. The summed E-state index contributed by atoms with van der Waals surface area (Å²) in [5, 5.41) is 0. The Morgan fingerprint density at radius 3 is 2.53 bits per heavy atom. The molecule has 1 atom stereocenters. The second-order valence-corrected chi connectivity index (χ2v) is 11.0. The summed E-state index contributed by atoms with van der Waals surface area (Å²) >= 11 is 5.53. The zero-order chi connectivity index (χ0) is 23.9. The van der Waals surface area contributed by atoms with Crippen LogP contribution in [0.25, 0.3) is 22.6 Å². The molecule has 0 amide bonds. The monoisotopic (exact) mass is 492 g/mol. The van der Waals surface area contributed by atoms with Crippen molar-refractivity contribution in [3.05, 3.63) is 66.9 Å². The second-order valence-electron chi connectivity index (χ2n) is 8.35. The van der Waals surface area contributed by atoms with Gasteiger partial charge in [0.05, 0.1) is 20.9 Å². The number of aromatic nitrogens is 3. The van der Waals surface area contributed by atoms with Crippen LogP contribution in [0.1, 0.15) is 25.9 Å². The standard InChI is InChI=1S/C25H24N4O3S2/c1-17(33)28-15-5-7-24(28)29-23-13-10-19(32-18-8-11-20(12-9-18)34(2,30)31)16-22(23)27-25(29)21-6-3-4-14-26-21/h3-4,6,8-14,16,24H,5,7,15H2,1-2H3. The second kappa shape index (κ2) is 8.81. The maximum absolute atomic E-state index is 11.7. The van der Waals surface area contributed by atoms with E-state index in [2.05, 4.69) is 14.5 Å². The molecule has 0 bridgehead atoms. The topological polar surface area (TPSA) is 77.3 Å². The number of pyridine rings is 1. The van der Waals surface area contributed by atoms with Crippen molar-refractivity contribution < 1.29 is 13.2 Å². The predicted molar refractivity (Wildman–Crippen MR) is 136 cm³/mol. The van der Waals surface area contributed by atoms with Gasteiger partial charge in [-0.25, -0.2) is 13.4 Å². The zero-order valence-corrected chi connectivity index (χ0v) is 20.5. The first-order valence-electron chi connectivity index (χ1n) is 11.0. The lowest BCUT2D eigenvalue weighted by Crippen LogP contribution is -2.30. The van der Waals surface area contributed by atoms with Gasteiger partial charge in [0.1, 0.15) is 23.4 Å². The molecule has 3 heterocycles. The molecule has 1 fully saturated rings. The number of hydrogen-bond acceptors (Lipinski definition) is 6. The Balaban J connectivity index is 1.56. The lowest BCUT2D eigenvalue weighted by atomic mass is 10.2. The van der Waals surface area contributed by atoms with Gasteiger partial charge < -0.3 is 14.2 Å². The van der Waals surface area contributed by atoms with Gasteiger partial charge in [-0.15, -0.1) is 0 Å². The van der Waals surface area contributed by atoms with Gasteiger partial charge in [0.15, 0.2) is 15.7 Å². The minimum Gasteiger partial charge on any atom is -0.457 e. The molecule has 0 N–H and O–H groups in total. The Labute approximate surface area is 203 Å². The van der Waals surface area contributed by atoms with Crippen LogP contribution in [0.15, 0.2) is 71.8 Å². The van der Waals surface area contributed by atoms with Crippen LogP contribution in [0.4, 0.5) is 0 Å². The van der Waals surface area contributed by atoms with E-state index in [4.69, 9.17) is 21.9 Å². The first kappa shape index (κ1) is 22.5. The number of likely N-dealkylation sites (tertiary alicyclic amines) is 1. The van der Waals surface area contributed by atoms with Crippen molar-refractivity contribution in [2.75, 3.05) is 12.8 Å². The number of hydrogen-bond donors (Lipinski definition) is 0. The minimum absolute atomic E-state index is 0.0785. The molecular weight excluding hydrogens is 468 g/mol. The number of thiocarbonyl (C=S) groups is 1. The van der Waals surface area contributed by atoms with E-state index in [9.17, 15) is 8.42 Å². The van der Waals surface area contributed by atoms with E-state index >= 15 is 0 Å². The van der Waals surface area contributed by atoms with Crippen molar-refractivity contribution in [2.24, 2.45) is 0 Å². The molecule has 174 valence electrons. The SMILES string of the molecule is CC(=S)N1CCCC1n1c(-c2ccccn2)nc2cc(Oc3ccc(S(C)(=O)=O)cc3)ccc21. The van der Waals surface area contributed by atoms with Crippen LogP contribution >= 0.6 is 12.2 Å². The van der Waals surface area contributed by atoms with Crippen LogP contribution in [0.3, 0.4) is 0 Å². The molecule has 2 aromatic carbocycles. The van der Waals surface area contributed by atoms with Crippen molar-refractivity contribution in [2.45, 2.75) is 30.8 Å². The molecule has 0 spiro atoms. The van der Waals surface area contributed by atoms with Crippen LogP contribution in [0.5, 0.6) is 11.5 Å². The number of imidazole rings is 1. The fraction of sp³-hybridized carbons (Fsp3) is 0.240. The molecule has 0 radical (unpaired) electrons. The lowest BCUT2D eigenvalue weighted by Gasteiger charge is -2.28. The highest BCUT2D eigenvalue weighted by Gasteiger charge is 2.30. The van der Waals surface area contributed by atoms with Crippen molar-refractivity contribution in [1.29, 1.82) is 0 Å². The minimum atomic E-state index is -3.26. The summed E-state index contributed by atoms with van der Waals surface area (Å²) in [6.07, 6.45) is 5.07. The maximum atomic E-state index is 11.7. The lowest BCUT2D eigenvalue weighted by molar-refractivity contribution is 0.313. The summed E-state index contributed by atoms with van der Waals surface area (Å²) in [6, 6.07) is 18.0. The molecule has 0 aliphatic carbocycles. The van der Waals surface area contributed by atoms with Gasteiger partial charge in [0.25, 0.3) is 0 Å². The molecule has 1 aliphatic rings. The van der Waals surface area contributed by atoms with Crippen molar-refractivity contribution >= 4 is 38.1 Å². The van der Waals surface area contributed by atoms with Gasteiger partial charge in [-0.05, 0) is 68.3 Å². The summed E-state index contributed by atoms with van der Waals surface area (Å²) < 4.78 is 31.6. The first-order valence-corrected chi connectivity index (χ1v) is 13.3. The Kier molecular flexibility index (Phi) is 5.83. The van der Waals surface area contributed by atoms with E-state index in [1.165, 1.54) is 6.26 Å². The van der Waals surface area contributed by atoms with Crippen molar-refractivity contribution in [3.63, 3.8) is 0 Å². The van der Waals surface area contributed by atoms with Gasteiger partial charge in [0, 0.05) is 25.1 Å². The third-order valence-corrected chi connectivity index (χ3v) is 7.33. The van der Waals surface area contributed by atoms with Crippen LogP contribution in [0, 0.1) is 0 Å². The van der Waals surface area contributed by atoms with E-state index in [1.54, 1.807) is 30.5 Å². The van der Waals surface area contributed by atoms with Crippen LogP contribution in [-0.4, -0.2) is 45.6 Å². The number of nitrogens with zero attached hydrogens (tertiary/aromatic N) is 4. The van der Waals surface area contributed by atoms with Gasteiger partial charge >= 0.3 is 0 Å². The van der Waals surface area contributed by atoms with E-state index in [0.29, 0.717) is 11.5 Å². The molecule has 0 saturated carbocycles. The van der Waals surface area contributed by atoms with Crippen molar-refractivity contribution in [1.82, 2.24) is 19.4 Å². The molecule has 7 nitrogen and oxygen atoms in total. The van der Waals surface area contributed by atoms with Crippen molar-refractivity contribution in [3.8, 4) is 23.0 Å². The number of fused-ring (bicyclic) bond motifs is 1. The highest BCUT2D eigenvalue weighted by molar-refractivity contribution is 7.90. The maximum Gasteiger partial charge on any atom is 0.175 e. The number of benzene rings is 2. The summed E-state index contributed by atoms with van der Waals surface area (Å²) in [4.78, 5) is 12.9. The predicted octanol–water partition coefficient (Wildman–Crippen LogP) is 5.24. The zero-order valence-electron chi connectivity index (χ0n) is 18.9. The van der Waals surface area contributed by atoms with Gasteiger partial charge in [-0.3, -0.25) is 4.98 Å². The summed E-state index contributed by atoms with van der Waals surface area (Å²) in [7, 11) is -3.26. The first-order chi connectivity index (χ1) is 16.3. The quantitative estimate of drug-likeness (QED) is 0.353.